The maximum absolute atomic E-state index is 12.3. The molecule has 0 amide bonds. The number of allylic oxidation sites excluding steroid dienone is 4. The average molecular weight is 2060 g/mol. The Morgan fingerprint density at radius 3 is 1.16 bits per heavy atom. The maximum atomic E-state index is 12.3. The summed E-state index contributed by atoms with van der Waals surface area (Å²) >= 11 is 0. The Labute approximate surface area is 775 Å². The number of rotatable bonds is 21. The van der Waals surface area contributed by atoms with Crippen molar-refractivity contribution in [2.75, 3.05) is 0 Å². The number of hydrogen-bond acceptors (Lipinski definition) is 8. The third kappa shape index (κ3) is 30.4. The quantitative estimate of drug-likeness (QED) is 0.0240. The van der Waals surface area contributed by atoms with Gasteiger partial charge in [0.05, 0.1) is 43.4 Å². The largest absolute Gasteiger partial charge is 0.512 e. The fourth-order valence-electron chi connectivity index (χ4n) is 14.9. The average Bonchev–Trinajstić information content (AvgIpc) is 1.70. The van der Waals surface area contributed by atoms with Crippen LogP contribution in [0.5, 0.6) is 0 Å². The summed E-state index contributed by atoms with van der Waals surface area (Å²) in [5.41, 5.74) is 15.0. The summed E-state index contributed by atoms with van der Waals surface area (Å²) < 4.78 is 185. The number of nitrogens with zero attached hydrogens (tertiary/aromatic N) is 4. The molecule has 658 valence electrons. The molecule has 1 aliphatic rings. The number of carbonyl (C=O) groups excluding carboxylic acids is 2. The van der Waals surface area contributed by atoms with Crippen molar-refractivity contribution in [3.63, 3.8) is 0 Å². The molecular formula is C106H122F6Ir2N4O4Si-4. The summed E-state index contributed by atoms with van der Waals surface area (Å²) in [6.45, 7) is 30.7. The van der Waals surface area contributed by atoms with Gasteiger partial charge in [0.15, 0.2) is 11.6 Å². The molecule has 17 heteroatoms. The summed E-state index contributed by atoms with van der Waals surface area (Å²) in [5, 5.41) is 26.8. The van der Waals surface area contributed by atoms with Gasteiger partial charge in [0.1, 0.15) is 0 Å². The Hall–Kier alpha value is -9.08. The van der Waals surface area contributed by atoms with Gasteiger partial charge in [0.25, 0.3) is 0 Å². The molecule has 2 N–H and O–H groups in total. The summed E-state index contributed by atoms with van der Waals surface area (Å²) in [7, 11) is -1.48. The SMILES string of the molecule is CCC(CC)C(=O)C=C(O)C(CC)CC(F)(F)F.CCC(CC)C(=O)C=C(O)C(CC)CC(F)(F)F.[2H]c1nc(-c2[c-]c(C([2H])([2H])[2H])cc(C)c2)c2ccc(C(C)C)cc2c1[2H].[2H]c1nc(-c2[c-]c(C)cc(C([2H])([2H])[2H])c2)c2ccc(C3CCCC3)cc2c1[2H].[2H]c1nc(-c2[c-]c(C)cc(C)c2)c2ccc(C)cc2c1[2H].[2H]c1nc(-c2[c-]c(C)cc(C)c2)c2ccc([Si](C)(C)C)cc2c1[2H].[Ir].[Ir]. The van der Waals surface area contributed by atoms with Crippen molar-refractivity contribution in [2.45, 2.75) is 238 Å². The predicted octanol–water partition coefficient (Wildman–Crippen LogP) is 29.7. The molecule has 4 aromatic heterocycles. The number of aryl methyl sites for hydroxylation is 9. The minimum atomic E-state index is -4.33. The van der Waals surface area contributed by atoms with E-state index in [0.29, 0.717) is 76.4 Å². The van der Waals surface area contributed by atoms with Crippen molar-refractivity contribution in [3.05, 3.63) is 279 Å². The first kappa shape index (κ1) is 82.2. The molecule has 12 aromatic rings. The molecule has 8 nitrogen and oxygen atoms in total. The topological polar surface area (TPSA) is 126 Å². The van der Waals surface area contributed by atoms with Gasteiger partial charge in [-0.15, -0.1) is 140 Å². The molecule has 1 aliphatic carbocycles. The van der Waals surface area contributed by atoms with Gasteiger partial charge in [-0.05, 0) is 171 Å². The molecule has 123 heavy (non-hydrogen) atoms. The van der Waals surface area contributed by atoms with Gasteiger partial charge in [-0.1, -0.05) is 227 Å². The Bertz CT molecular complexity index is 6230. The zero-order chi connectivity index (χ0) is 101. The van der Waals surface area contributed by atoms with Crippen LogP contribution in [0.2, 0.25) is 19.6 Å². The van der Waals surface area contributed by atoms with Gasteiger partial charge < -0.3 is 30.1 Å². The molecule has 0 bridgehead atoms. The summed E-state index contributed by atoms with van der Waals surface area (Å²) in [5.74, 6) is -3.17. The third-order valence-corrected chi connectivity index (χ3v) is 23.6. The van der Waals surface area contributed by atoms with Gasteiger partial charge in [0, 0.05) is 109 Å². The standard InChI is InChI=1S/C22H22N.C20H22NSi.C20H20N.C18H16N.2C13H21F3O2.2Ir/c1-15-11-16(2)13-20(12-15)22-21-8-7-18(17-5-3-4-6-17)14-19(21)9-10-23-22;1-14-10-15(2)12-17(11-14)20-19-7-6-18(22(3,4)5)13-16(19)8-9-21-20;1-13(2)16-5-6-19-17(12-16)7-8-21-20(19)18-10-14(3)9-15(4)11-18;1-12-4-5-17-15(9-12)6-7-19-18(17)16-10-13(2)8-14(3)11-16;2*1-4-9(5-2)11(17)7-12(18)10(6-3)8-13(14,15)16;;/h7-12,14,17H,3-6H2,1-2H3;6-11,13H,1-5H3;5-10,12-13H,1-4H3;4-10H,1-3H3;2*7,9-10,18H,4-6,8H2,1-3H3;;/q4*-1;;;;/i1D3,9D,10D;8D,9D;4D3,7D,8D;6D,7D;;;;. The Morgan fingerprint density at radius 1 is 0.447 bits per heavy atom. The van der Waals surface area contributed by atoms with Crippen LogP contribution in [0, 0.1) is 110 Å². The van der Waals surface area contributed by atoms with E-state index < -0.39 is 70.3 Å². The van der Waals surface area contributed by atoms with Crippen LogP contribution in [-0.4, -0.2) is 62.1 Å². The number of ketones is 2. The number of carbonyl (C=O) groups is 2. The minimum Gasteiger partial charge on any atom is -0.512 e. The maximum Gasteiger partial charge on any atom is 0.389 e. The number of alkyl halides is 6. The normalized spacial score (nSPS) is 14.8. The zero-order valence-corrected chi connectivity index (χ0v) is 79.4. The van der Waals surface area contributed by atoms with Gasteiger partial charge >= 0.3 is 12.4 Å². The van der Waals surface area contributed by atoms with E-state index in [2.05, 4.69) is 121 Å². The van der Waals surface area contributed by atoms with E-state index in [1.165, 1.54) is 23.6 Å². The molecule has 2 atom stereocenters. The minimum absolute atomic E-state index is 0. The molecule has 1 saturated carbocycles. The van der Waals surface area contributed by atoms with Crippen LogP contribution in [-0.2, 0) is 49.8 Å². The summed E-state index contributed by atoms with van der Waals surface area (Å²) in [6.07, 6.45) is -1.53. The summed E-state index contributed by atoms with van der Waals surface area (Å²) in [4.78, 5) is 40.7. The number of halogens is 6. The first-order chi connectivity index (χ1) is 62.9. The van der Waals surface area contributed by atoms with Crippen molar-refractivity contribution in [3.8, 4) is 45.0 Å². The first-order valence-electron chi connectivity index (χ1n) is 48.7. The summed E-state index contributed by atoms with van der Waals surface area (Å²) in [6, 6.07) is 52.3. The molecule has 0 spiro atoms. The molecule has 0 aliphatic heterocycles. The van der Waals surface area contributed by atoms with Crippen LogP contribution >= 0.6 is 0 Å². The number of hydrogen-bond donors (Lipinski definition) is 2. The number of aromatic nitrogens is 4. The number of fused-ring (bicyclic) bond motifs is 4. The Kier molecular flexibility index (Phi) is 31.6. The Balaban J connectivity index is 0.000000254. The second kappa shape index (κ2) is 47.3. The third-order valence-electron chi connectivity index (χ3n) is 21.6. The number of aliphatic hydroxyl groups is 2. The van der Waals surface area contributed by atoms with E-state index in [1.54, 1.807) is 39.0 Å². The van der Waals surface area contributed by atoms with Crippen LogP contribution < -0.4 is 5.19 Å². The number of aliphatic hydroxyl groups excluding tert-OH is 2. The molecule has 13 rings (SSSR count). The van der Waals surface area contributed by atoms with Crippen LogP contribution in [0.25, 0.3) is 88.1 Å². The second-order valence-corrected chi connectivity index (χ2v) is 38.0. The number of pyridine rings is 4. The van der Waals surface area contributed by atoms with Crippen molar-refractivity contribution < 1.29 is 106 Å². The van der Waals surface area contributed by atoms with E-state index >= 15 is 0 Å². The van der Waals surface area contributed by atoms with E-state index in [-0.39, 0.29) is 136 Å². The number of benzene rings is 8. The van der Waals surface area contributed by atoms with Gasteiger partial charge in [-0.25, -0.2) is 0 Å². The van der Waals surface area contributed by atoms with Crippen LogP contribution in [0.3, 0.4) is 0 Å². The molecule has 8 aromatic carbocycles. The van der Waals surface area contributed by atoms with Crippen molar-refractivity contribution >= 4 is 67.9 Å². The Morgan fingerprint density at radius 2 is 0.789 bits per heavy atom. The van der Waals surface area contributed by atoms with E-state index in [9.17, 15) is 46.1 Å². The molecule has 0 saturated heterocycles. The molecule has 2 radical (unpaired) electrons. The fraction of sp³-hybridized carbons (Fsp3) is 0.377. The predicted molar refractivity (Wildman–Crippen MR) is 493 cm³/mol. The van der Waals surface area contributed by atoms with Crippen molar-refractivity contribution in [1.29, 1.82) is 0 Å². The molecule has 2 unspecified atom stereocenters. The van der Waals surface area contributed by atoms with Crippen LogP contribution in [0.15, 0.2) is 194 Å². The van der Waals surface area contributed by atoms with Gasteiger partial charge in [-0.3, -0.25) is 9.59 Å². The van der Waals surface area contributed by atoms with E-state index in [1.807, 2.05) is 129 Å². The molecular weight excluding hydrogens is 1920 g/mol. The van der Waals surface area contributed by atoms with Crippen molar-refractivity contribution in [1.82, 2.24) is 19.9 Å². The van der Waals surface area contributed by atoms with Crippen LogP contribution in [0.1, 0.15) is 225 Å². The van der Waals surface area contributed by atoms with Crippen molar-refractivity contribution in [2.24, 2.45) is 23.7 Å². The van der Waals surface area contributed by atoms with Gasteiger partial charge in [-0.2, -0.15) is 26.3 Å². The van der Waals surface area contributed by atoms with E-state index in [4.69, 9.17) is 19.2 Å². The molecule has 1 fully saturated rings. The zero-order valence-electron chi connectivity index (χ0n) is 87.6. The fourth-order valence-corrected chi connectivity index (χ4v) is 16.1. The smallest absolute Gasteiger partial charge is 0.389 e. The second-order valence-electron chi connectivity index (χ2n) is 32.9. The molecule has 4 heterocycles. The van der Waals surface area contributed by atoms with E-state index in [0.717, 1.165) is 119 Å². The van der Waals surface area contributed by atoms with Crippen LogP contribution in [0.4, 0.5) is 26.3 Å². The first-order valence-corrected chi connectivity index (χ1v) is 45.2. The van der Waals surface area contributed by atoms with Gasteiger partial charge in [0.2, 0.25) is 0 Å². The monoisotopic (exact) mass is 2060 g/mol.